The van der Waals surface area contributed by atoms with Crippen molar-refractivity contribution in [2.45, 2.75) is 19.4 Å². The predicted octanol–water partition coefficient (Wildman–Crippen LogP) is 2.72. The van der Waals surface area contributed by atoms with E-state index in [1.165, 1.54) is 0 Å². The third kappa shape index (κ3) is 4.57. The number of likely N-dealkylation sites (N-methyl/N-ethyl adjacent to an activating group) is 1. The fourth-order valence-electron chi connectivity index (χ4n) is 1.20. The lowest BCUT2D eigenvalue weighted by atomic mass is 10.2. The Morgan fingerprint density at radius 1 is 1.38 bits per heavy atom. The van der Waals surface area contributed by atoms with Gasteiger partial charge < -0.3 is 10.1 Å². The number of hydrogen-bond acceptors (Lipinski definition) is 2. The maximum atomic E-state index is 5.78. The van der Waals surface area contributed by atoms with Crippen LogP contribution in [0.5, 0.6) is 5.75 Å². The monoisotopic (exact) mass is 237 g/mol. The maximum Gasteiger partial charge on any atom is 0.119 e. The van der Waals surface area contributed by atoms with Crippen LogP contribution in [0.4, 0.5) is 0 Å². The minimum absolute atomic E-state index is 0.253. The summed E-state index contributed by atoms with van der Waals surface area (Å²) >= 11 is 5.78. The molecule has 16 heavy (non-hydrogen) atoms. The number of ether oxygens (including phenoxy) is 1. The molecule has 0 bridgehead atoms. The molecule has 1 atom stereocenters. The van der Waals surface area contributed by atoms with E-state index in [1.807, 2.05) is 38.2 Å². The molecular formula is C13H16ClNO. The van der Waals surface area contributed by atoms with E-state index in [0.29, 0.717) is 6.61 Å². The molecule has 1 aromatic carbocycles. The van der Waals surface area contributed by atoms with E-state index in [1.54, 1.807) is 0 Å². The van der Waals surface area contributed by atoms with E-state index < -0.39 is 0 Å². The lowest BCUT2D eigenvalue weighted by Crippen LogP contribution is -2.31. The molecule has 1 N–H and O–H groups in total. The molecule has 0 aliphatic carbocycles. The molecule has 86 valence electrons. The van der Waals surface area contributed by atoms with Crippen molar-refractivity contribution in [1.82, 2.24) is 5.32 Å². The van der Waals surface area contributed by atoms with Crippen molar-refractivity contribution >= 4 is 11.6 Å². The lowest BCUT2D eigenvalue weighted by molar-refractivity contribution is 0.272. The second-order valence-electron chi connectivity index (χ2n) is 3.38. The quantitative estimate of drug-likeness (QED) is 0.796. The average molecular weight is 238 g/mol. The van der Waals surface area contributed by atoms with Gasteiger partial charge >= 0.3 is 0 Å². The van der Waals surface area contributed by atoms with Gasteiger partial charge in [-0.2, -0.15) is 0 Å². The van der Waals surface area contributed by atoms with Gasteiger partial charge in [-0.15, -0.1) is 11.8 Å². The van der Waals surface area contributed by atoms with Crippen molar-refractivity contribution in [3.8, 4) is 17.6 Å². The predicted molar refractivity (Wildman–Crippen MR) is 67.9 cm³/mol. The number of rotatable bonds is 5. The first-order valence-electron chi connectivity index (χ1n) is 5.21. The number of nitrogens with one attached hydrogen (secondary N) is 1. The smallest absolute Gasteiger partial charge is 0.119 e. The van der Waals surface area contributed by atoms with Crippen molar-refractivity contribution in [1.29, 1.82) is 0 Å². The number of benzene rings is 1. The van der Waals surface area contributed by atoms with Crippen LogP contribution in [-0.2, 0) is 0 Å². The minimum Gasteiger partial charge on any atom is -0.492 e. The summed E-state index contributed by atoms with van der Waals surface area (Å²) in [6, 6.07) is 7.61. The Hall–Kier alpha value is -1.17. The van der Waals surface area contributed by atoms with E-state index in [2.05, 4.69) is 17.2 Å². The first-order chi connectivity index (χ1) is 7.76. The Labute approximate surface area is 102 Å². The molecule has 0 fully saturated rings. The van der Waals surface area contributed by atoms with Gasteiger partial charge in [0.1, 0.15) is 12.4 Å². The second-order valence-corrected chi connectivity index (χ2v) is 3.82. The standard InChI is InChI=1S/C13H16ClNO/c1-3-4-5-12(15-2)10-16-13-8-6-11(14)7-9-13/h6-9,12,15H,5,10H2,1-2H3. The van der Waals surface area contributed by atoms with Crippen molar-refractivity contribution < 1.29 is 4.74 Å². The van der Waals surface area contributed by atoms with Crippen LogP contribution in [0.2, 0.25) is 5.02 Å². The van der Waals surface area contributed by atoms with Gasteiger partial charge in [0, 0.05) is 11.4 Å². The molecule has 0 spiro atoms. The van der Waals surface area contributed by atoms with Crippen LogP contribution in [0.1, 0.15) is 13.3 Å². The molecule has 0 aromatic heterocycles. The fourth-order valence-corrected chi connectivity index (χ4v) is 1.32. The van der Waals surface area contributed by atoms with E-state index >= 15 is 0 Å². The number of halogens is 1. The van der Waals surface area contributed by atoms with Gasteiger partial charge in [0.05, 0.1) is 6.04 Å². The first kappa shape index (κ1) is 12.9. The maximum absolute atomic E-state index is 5.78. The van der Waals surface area contributed by atoms with E-state index in [4.69, 9.17) is 16.3 Å². The summed E-state index contributed by atoms with van der Waals surface area (Å²) < 4.78 is 5.62. The SMILES string of the molecule is CC#CCC(COc1ccc(Cl)cc1)NC. The highest BCUT2D eigenvalue weighted by molar-refractivity contribution is 6.30. The zero-order valence-electron chi connectivity index (χ0n) is 9.59. The van der Waals surface area contributed by atoms with Crippen LogP contribution in [0.15, 0.2) is 24.3 Å². The minimum atomic E-state index is 0.253. The highest BCUT2D eigenvalue weighted by atomic mass is 35.5. The van der Waals surface area contributed by atoms with Crippen LogP contribution in [0, 0.1) is 11.8 Å². The number of hydrogen-bond donors (Lipinski definition) is 1. The molecule has 2 nitrogen and oxygen atoms in total. The van der Waals surface area contributed by atoms with E-state index in [9.17, 15) is 0 Å². The Balaban J connectivity index is 2.41. The van der Waals surface area contributed by atoms with Gasteiger partial charge in [0.2, 0.25) is 0 Å². The summed E-state index contributed by atoms with van der Waals surface area (Å²) in [4.78, 5) is 0. The van der Waals surface area contributed by atoms with Crippen LogP contribution < -0.4 is 10.1 Å². The second kappa shape index (κ2) is 7.16. The molecule has 1 rings (SSSR count). The summed E-state index contributed by atoms with van der Waals surface area (Å²) in [6.45, 7) is 2.44. The Morgan fingerprint density at radius 3 is 2.62 bits per heavy atom. The van der Waals surface area contributed by atoms with Crippen LogP contribution in [-0.4, -0.2) is 19.7 Å². The zero-order chi connectivity index (χ0) is 11.8. The third-order valence-electron chi connectivity index (χ3n) is 2.20. The van der Waals surface area contributed by atoms with Crippen molar-refractivity contribution in [2.75, 3.05) is 13.7 Å². The molecule has 3 heteroatoms. The summed E-state index contributed by atoms with van der Waals surface area (Å²) in [5.74, 6) is 6.73. The van der Waals surface area contributed by atoms with Crippen molar-refractivity contribution in [2.24, 2.45) is 0 Å². The van der Waals surface area contributed by atoms with Gasteiger partial charge in [0.15, 0.2) is 0 Å². The topological polar surface area (TPSA) is 21.3 Å². The van der Waals surface area contributed by atoms with Crippen LogP contribution in [0.25, 0.3) is 0 Å². The van der Waals surface area contributed by atoms with Crippen molar-refractivity contribution in [3.63, 3.8) is 0 Å². The van der Waals surface area contributed by atoms with Gasteiger partial charge in [-0.05, 0) is 38.2 Å². The Kier molecular flexibility index (Phi) is 5.77. The Bertz CT molecular complexity index is 364. The average Bonchev–Trinajstić information content (AvgIpc) is 2.32. The molecule has 0 saturated carbocycles. The summed E-state index contributed by atoms with van der Waals surface area (Å²) in [7, 11) is 1.91. The van der Waals surface area contributed by atoms with E-state index in [-0.39, 0.29) is 6.04 Å². The largest absolute Gasteiger partial charge is 0.492 e. The normalized spacial score (nSPS) is 11.4. The Morgan fingerprint density at radius 2 is 2.06 bits per heavy atom. The van der Waals surface area contributed by atoms with Gasteiger partial charge in [-0.25, -0.2) is 0 Å². The molecule has 1 unspecified atom stereocenters. The van der Waals surface area contributed by atoms with Gasteiger partial charge in [-0.3, -0.25) is 0 Å². The summed E-state index contributed by atoms with van der Waals surface area (Å²) in [6.07, 6.45) is 0.792. The lowest BCUT2D eigenvalue weighted by Gasteiger charge is -2.14. The van der Waals surface area contributed by atoms with Gasteiger partial charge in [-0.1, -0.05) is 11.6 Å². The van der Waals surface area contributed by atoms with Gasteiger partial charge in [0.25, 0.3) is 0 Å². The molecule has 0 aliphatic heterocycles. The molecule has 0 radical (unpaired) electrons. The molecule has 1 aromatic rings. The fraction of sp³-hybridized carbons (Fsp3) is 0.385. The van der Waals surface area contributed by atoms with Crippen LogP contribution >= 0.6 is 11.6 Å². The third-order valence-corrected chi connectivity index (χ3v) is 2.45. The first-order valence-corrected chi connectivity index (χ1v) is 5.59. The van der Waals surface area contributed by atoms with Crippen molar-refractivity contribution in [3.05, 3.63) is 29.3 Å². The molecular weight excluding hydrogens is 222 g/mol. The molecule has 0 aliphatic rings. The molecule has 0 saturated heterocycles. The molecule has 0 heterocycles. The zero-order valence-corrected chi connectivity index (χ0v) is 10.3. The highest BCUT2D eigenvalue weighted by Gasteiger charge is 2.04. The van der Waals surface area contributed by atoms with E-state index in [0.717, 1.165) is 17.2 Å². The molecule has 0 amide bonds. The summed E-state index contributed by atoms with van der Waals surface area (Å²) in [5, 5.41) is 3.88. The van der Waals surface area contributed by atoms with Crippen LogP contribution in [0.3, 0.4) is 0 Å². The highest BCUT2D eigenvalue weighted by Crippen LogP contribution is 2.15. The summed E-state index contributed by atoms with van der Waals surface area (Å²) in [5.41, 5.74) is 0.